The van der Waals surface area contributed by atoms with Gasteiger partial charge in [0, 0.05) is 22.2 Å². The number of ether oxygens (including phenoxy) is 2. The van der Waals surface area contributed by atoms with E-state index in [1.165, 1.54) is 0 Å². The van der Waals surface area contributed by atoms with E-state index in [9.17, 15) is 8.42 Å². The average molecular weight is 598 g/mol. The molecule has 1 heterocycles. The molecule has 1 aliphatic heterocycles. The van der Waals surface area contributed by atoms with Crippen LogP contribution < -0.4 is 19.9 Å². The number of hydrogen-bond donors (Lipinski definition) is 1. The fraction of sp³-hybridized carbons (Fsp3) is 0.200. The molecule has 1 N–H and O–H groups in total. The van der Waals surface area contributed by atoms with Gasteiger partial charge in [-0.3, -0.25) is 4.57 Å². The van der Waals surface area contributed by atoms with E-state index in [1.54, 1.807) is 85.8 Å². The molecule has 0 amide bonds. The summed E-state index contributed by atoms with van der Waals surface area (Å²) in [4.78, 5) is 0.134. The highest BCUT2D eigenvalue weighted by atomic mass is 35.5. The SMILES string of the molecule is Cc1ccc(S(=O)(=O)N[C@@H](C)c2cc(Cl)ccc2OP(=O)(c2ccccc2)c2ccccc2C2OCCO2)cc1. The molecule has 2 atom stereocenters. The maximum absolute atomic E-state index is 15.1. The largest absolute Gasteiger partial charge is 0.436 e. The Morgan fingerprint density at radius 3 is 2.27 bits per heavy atom. The highest BCUT2D eigenvalue weighted by molar-refractivity contribution is 7.89. The second-order valence-corrected chi connectivity index (χ2v) is 13.9. The van der Waals surface area contributed by atoms with Crippen molar-refractivity contribution in [1.29, 1.82) is 0 Å². The molecule has 5 rings (SSSR count). The first-order chi connectivity index (χ1) is 19.2. The Bertz CT molecular complexity index is 1640. The number of sulfonamides is 1. The van der Waals surface area contributed by atoms with Crippen LogP contribution in [0.15, 0.2) is 102 Å². The molecule has 0 aliphatic carbocycles. The number of rotatable bonds is 9. The molecule has 208 valence electrons. The van der Waals surface area contributed by atoms with Gasteiger partial charge in [0.25, 0.3) is 0 Å². The van der Waals surface area contributed by atoms with Crippen LogP contribution in [0.4, 0.5) is 0 Å². The predicted octanol–water partition coefficient (Wildman–Crippen LogP) is 6.04. The summed E-state index contributed by atoms with van der Waals surface area (Å²) in [5.74, 6) is 0.235. The van der Waals surface area contributed by atoms with Crippen LogP contribution >= 0.6 is 19.0 Å². The van der Waals surface area contributed by atoms with Gasteiger partial charge in [-0.15, -0.1) is 0 Å². The van der Waals surface area contributed by atoms with E-state index in [0.717, 1.165) is 5.56 Å². The second-order valence-electron chi connectivity index (χ2n) is 9.45. The molecule has 0 radical (unpaired) electrons. The molecule has 0 aromatic heterocycles. The normalized spacial score (nSPS) is 16.4. The lowest BCUT2D eigenvalue weighted by atomic mass is 10.1. The first-order valence-corrected chi connectivity index (χ1v) is 16.2. The fourth-order valence-electron chi connectivity index (χ4n) is 4.52. The number of benzene rings is 4. The van der Waals surface area contributed by atoms with Crippen molar-refractivity contribution >= 4 is 39.6 Å². The Kier molecular flexibility index (Phi) is 8.47. The summed E-state index contributed by atoms with van der Waals surface area (Å²) in [7, 11) is -7.68. The van der Waals surface area contributed by atoms with E-state index in [0.29, 0.717) is 40.0 Å². The second kappa shape index (κ2) is 11.9. The van der Waals surface area contributed by atoms with Crippen molar-refractivity contribution in [3.05, 3.63) is 119 Å². The van der Waals surface area contributed by atoms with Gasteiger partial charge in [-0.05, 0) is 62.4 Å². The third-order valence-electron chi connectivity index (χ3n) is 6.55. The topological polar surface area (TPSA) is 90.9 Å². The molecular weight excluding hydrogens is 569 g/mol. The van der Waals surface area contributed by atoms with E-state index in [1.807, 2.05) is 25.1 Å². The maximum Gasteiger partial charge on any atom is 0.307 e. The molecule has 10 heteroatoms. The summed E-state index contributed by atoms with van der Waals surface area (Å²) in [5.41, 5.74) is 1.99. The minimum atomic E-state index is -3.87. The van der Waals surface area contributed by atoms with Gasteiger partial charge in [-0.2, -0.15) is 0 Å². The minimum absolute atomic E-state index is 0.134. The Morgan fingerprint density at radius 2 is 1.57 bits per heavy atom. The number of aryl methyl sites for hydroxylation is 1. The molecular formula is C30H29ClNO6PS. The number of nitrogens with one attached hydrogen (secondary N) is 1. The van der Waals surface area contributed by atoms with Crippen molar-refractivity contribution in [2.45, 2.75) is 31.1 Å². The van der Waals surface area contributed by atoms with E-state index in [-0.39, 0.29) is 10.6 Å². The zero-order valence-corrected chi connectivity index (χ0v) is 24.5. The van der Waals surface area contributed by atoms with Gasteiger partial charge in [0.15, 0.2) is 6.29 Å². The van der Waals surface area contributed by atoms with Crippen LogP contribution in [0.2, 0.25) is 5.02 Å². The number of halogens is 1. The highest BCUT2D eigenvalue weighted by Gasteiger charge is 2.37. The summed E-state index contributed by atoms with van der Waals surface area (Å²) in [5, 5.41) is 1.28. The first kappa shape index (κ1) is 28.6. The quantitative estimate of drug-likeness (QED) is 0.237. The summed E-state index contributed by atoms with van der Waals surface area (Å²) in [6.07, 6.45) is -0.679. The van der Waals surface area contributed by atoms with Crippen LogP contribution in [0.25, 0.3) is 0 Å². The average Bonchev–Trinajstić information content (AvgIpc) is 3.49. The zero-order valence-electron chi connectivity index (χ0n) is 22.0. The predicted molar refractivity (Wildman–Crippen MR) is 156 cm³/mol. The maximum atomic E-state index is 15.1. The lowest BCUT2D eigenvalue weighted by Crippen LogP contribution is -2.28. The van der Waals surface area contributed by atoms with Crippen molar-refractivity contribution in [3.8, 4) is 5.75 Å². The van der Waals surface area contributed by atoms with Crippen molar-refractivity contribution in [2.75, 3.05) is 13.2 Å². The molecule has 0 saturated carbocycles. The van der Waals surface area contributed by atoms with Gasteiger partial charge in [-0.1, -0.05) is 65.7 Å². The van der Waals surface area contributed by atoms with Gasteiger partial charge in [-0.25, -0.2) is 13.1 Å². The smallest absolute Gasteiger partial charge is 0.307 e. The van der Waals surface area contributed by atoms with Crippen molar-refractivity contribution in [1.82, 2.24) is 4.72 Å². The Hall–Kier alpha value is -2.97. The summed E-state index contributed by atoms with van der Waals surface area (Å²) < 4.78 is 62.1. The molecule has 1 aliphatic rings. The van der Waals surface area contributed by atoms with Crippen LogP contribution in [-0.4, -0.2) is 21.6 Å². The molecule has 4 aromatic carbocycles. The van der Waals surface area contributed by atoms with Crippen molar-refractivity contribution in [3.63, 3.8) is 0 Å². The molecule has 0 bridgehead atoms. The fourth-order valence-corrected chi connectivity index (χ4v) is 8.21. The van der Waals surface area contributed by atoms with Gasteiger partial charge >= 0.3 is 7.37 Å². The standard InChI is InChI=1S/C30H29ClNO6PS/c1-21-12-15-25(16-13-21)40(34,35)32-22(2)27-20-23(31)14-17-28(27)38-39(33,24-8-4-3-5-9-24)29-11-7-6-10-26(29)30-36-18-19-37-30/h3-17,20,22,30,32H,18-19H2,1-2H3/t22-,39?/m0/s1. The van der Waals surface area contributed by atoms with Gasteiger partial charge in [0.05, 0.1) is 28.7 Å². The lowest BCUT2D eigenvalue weighted by Gasteiger charge is -2.26. The van der Waals surface area contributed by atoms with Gasteiger partial charge in [0.2, 0.25) is 10.0 Å². The van der Waals surface area contributed by atoms with Crippen LogP contribution in [-0.2, 0) is 24.1 Å². The monoisotopic (exact) mass is 597 g/mol. The summed E-state index contributed by atoms with van der Waals surface area (Å²) in [6.45, 7) is 4.42. The minimum Gasteiger partial charge on any atom is -0.436 e. The lowest BCUT2D eigenvalue weighted by molar-refractivity contribution is -0.0434. The molecule has 4 aromatic rings. The van der Waals surface area contributed by atoms with E-state index in [2.05, 4.69) is 4.72 Å². The molecule has 40 heavy (non-hydrogen) atoms. The Balaban J connectivity index is 1.57. The molecule has 0 spiro atoms. The Morgan fingerprint density at radius 1 is 0.925 bits per heavy atom. The van der Waals surface area contributed by atoms with Crippen LogP contribution in [0.1, 0.15) is 35.9 Å². The van der Waals surface area contributed by atoms with Crippen LogP contribution in [0.3, 0.4) is 0 Å². The highest BCUT2D eigenvalue weighted by Crippen LogP contribution is 2.49. The third-order valence-corrected chi connectivity index (χ3v) is 10.8. The van der Waals surface area contributed by atoms with Gasteiger partial charge in [0.1, 0.15) is 5.75 Å². The van der Waals surface area contributed by atoms with Crippen molar-refractivity contribution in [2.24, 2.45) is 0 Å². The third kappa shape index (κ3) is 6.03. The molecule has 1 unspecified atom stereocenters. The van der Waals surface area contributed by atoms with Gasteiger partial charge < -0.3 is 14.0 Å². The molecule has 1 saturated heterocycles. The van der Waals surface area contributed by atoms with Crippen LogP contribution in [0, 0.1) is 6.92 Å². The van der Waals surface area contributed by atoms with E-state index >= 15 is 4.57 Å². The zero-order chi connectivity index (χ0) is 28.3. The summed E-state index contributed by atoms with van der Waals surface area (Å²) >= 11 is 6.35. The molecule has 1 fully saturated rings. The molecule has 7 nitrogen and oxygen atoms in total. The first-order valence-electron chi connectivity index (χ1n) is 12.7. The van der Waals surface area contributed by atoms with E-state index in [4.69, 9.17) is 25.6 Å². The van der Waals surface area contributed by atoms with E-state index < -0.39 is 29.7 Å². The van der Waals surface area contributed by atoms with Crippen molar-refractivity contribution < 1.29 is 27.0 Å². The number of hydrogen-bond acceptors (Lipinski definition) is 6. The van der Waals surface area contributed by atoms with Crippen LogP contribution in [0.5, 0.6) is 5.75 Å². The summed E-state index contributed by atoms with van der Waals surface area (Å²) in [6, 6.07) is 26.7. The Labute approximate surface area is 239 Å².